The van der Waals surface area contributed by atoms with Crippen molar-refractivity contribution in [1.82, 2.24) is 30.2 Å². The summed E-state index contributed by atoms with van der Waals surface area (Å²) in [5.41, 5.74) is 3.48. The molecule has 2 unspecified atom stereocenters. The van der Waals surface area contributed by atoms with Crippen molar-refractivity contribution in [3.8, 4) is 0 Å². The molecule has 8 nitrogen and oxygen atoms in total. The second-order valence-corrected chi connectivity index (χ2v) is 9.49. The lowest BCUT2D eigenvalue weighted by Crippen LogP contribution is -2.44. The Morgan fingerprint density at radius 1 is 0.727 bits per heavy atom. The molecule has 2 saturated heterocycles. The molecule has 164 valence electrons. The fourth-order valence-corrected chi connectivity index (χ4v) is 6.21. The van der Waals surface area contributed by atoms with Crippen LogP contribution >= 0.6 is 0 Å². The third kappa shape index (κ3) is 2.79. The number of rotatable bonds is 2. The Morgan fingerprint density at radius 2 is 1.39 bits per heavy atom. The van der Waals surface area contributed by atoms with Crippen LogP contribution in [0.1, 0.15) is 20.8 Å². The maximum atomic E-state index is 13.2. The van der Waals surface area contributed by atoms with E-state index in [0.717, 1.165) is 42.6 Å². The highest BCUT2D eigenvalue weighted by molar-refractivity contribution is 5.97. The smallest absolute Gasteiger partial charge is 0.272 e. The number of benzene rings is 2. The van der Waals surface area contributed by atoms with Gasteiger partial charge in [-0.2, -0.15) is 15.4 Å². The number of hydrogen-bond donors (Lipinski definition) is 1. The Bertz CT molecular complexity index is 1410. The van der Waals surface area contributed by atoms with Gasteiger partial charge in [-0.15, -0.1) is 0 Å². The van der Waals surface area contributed by atoms with Gasteiger partial charge in [0.2, 0.25) is 0 Å². The van der Waals surface area contributed by atoms with Crippen molar-refractivity contribution in [3.63, 3.8) is 0 Å². The number of H-pyrrole nitrogens is 1. The molecule has 7 rings (SSSR count). The molecule has 0 bridgehead atoms. The van der Waals surface area contributed by atoms with Crippen molar-refractivity contribution in [2.75, 3.05) is 26.2 Å². The predicted octanol–water partition coefficient (Wildman–Crippen LogP) is 2.60. The zero-order valence-electron chi connectivity index (χ0n) is 17.9. The van der Waals surface area contributed by atoms with Crippen LogP contribution in [0, 0.1) is 23.7 Å². The minimum Gasteiger partial charge on any atom is -0.338 e. The van der Waals surface area contributed by atoms with Crippen LogP contribution in [0.2, 0.25) is 0 Å². The second kappa shape index (κ2) is 6.84. The number of nitrogens with one attached hydrogen (secondary N) is 1. The van der Waals surface area contributed by atoms with Gasteiger partial charge in [-0.25, -0.2) is 4.98 Å². The number of fused-ring (bicyclic) bond motifs is 6. The number of carbonyl (C=O) groups excluding carboxylic acids is 2. The predicted molar refractivity (Wildman–Crippen MR) is 121 cm³/mol. The first-order chi connectivity index (χ1) is 16.2. The number of aromatic nitrogens is 4. The molecule has 4 heterocycles. The number of aromatic amines is 1. The summed E-state index contributed by atoms with van der Waals surface area (Å²) < 4.78 is 0. The van der Waals surface area contributed by atoms with Gasteiger partial charge in [0.15, 0.2) is 0 Å². The molecule has 2 aromatic carbocycles. The number of likely N-dealkylation sites (tertiary alicyclic amines) is 2. The van der Waals surface area contributed by atoms with Crippen molar-refractivity contribution < 1.29 is 9.59 Å². The first kappa shape index (κ1) is 18.7. The lowest BCUT2D eigenvalue weighted by atomic mass is 9.60. The average molecular weight is 438 g/mol. The van der Waals surface area contributed by atoms with Gasteiger partial charge in [0.1, 0.15) is 16.7 Å². The summed E-state index contributed by atoms with van der Waals surface area (Å²) in [4.78, 5) is 34.8. The molecule has 3 aliphatic rings. The van der Waals surface area contributed by atoms with E-state index in [-0.39, 0.29) is 11.8 Å². The lowest BCUT2D eigenvalue weighted by molar-refractivity contribution is 0.0629. The number of carbonyl (C=O) groups is 2. The molecule has 3 fully saturated rings. The van der Waals surface area contributed by atoms with Gasteiger partial charge in [0.25, 0.3) is 11.8 Å². The van der Waals surface area contributed by atoms with Crippen LogP contribution in [-0.4, -0.2) is 68.2 Å². The van der Waals surface area contributed by atoms with Crippen molar-refractivity contribution >= 4 is 33.8 Å². The summed E-state index contributed by atoms with van der Waals surface area (Å²) in [5, 5.41) is 11.8. The van der Waals surface area contributed by atoms with E-state index in [1.807, 2.05) is 58.3 Å². The van der Waals surface area contributed by atoms with Crippen LogP contribution in [-0.2, 0) is 0 Å². The van der Waals surface area contributed by atoms with Gasteiger partial charge in [-0.1, -0.05) is 24.3 Å². The van der Waals surface area contributed by atoms with Crippen LogP contribution in [0.4, 0.5) is 0 Å². The molecule has 2 aromatic heterocycles. The zero-order chi connectivity index (χ0) is 22.1. The first-order valence-corrected chi connectivity index (χ1v) is 11.4. The fourth-order valence-electron chi connectivity index (χ4n) is 6.21. The molecule has 1 N–H and O–H groups in total. The molecule has 4 atom stereocenters. The van der Waals surface area contributed by atoms with Gasteiger partial charge >= 0.3 is 0 Å². The van der Waals surface area contributed by atoms with E-state index < -0.39 is 0 Å². The van der Waals surface area contributed by atoms with E-state index >= 15 is 0 Å². The molecule has 2 aliphatic heterocycles. The van der Waals surface area contributed by atoms with E-state index in [4.69, 9.17) is 0 Å². The van der Waals surface area contributed by atoms with Gasteiger partial charge in [-0.05, 0) is 54.0 Å². The molecule has 33 heavy (non-hydrogen) atoms. The lowest BCUT2D eigenvalue weighted by Gasteiger charge is -2.42. The maximum Gasteiger partial charge on any atom is 0.272 e. The molecule has 0 radical (unpaired) electrons. The summed E-state index contributed by atoms with van der Waals surface area (Å²) in [7, 11) is 0. The molecule has 1 saturated carbocycles. The molecular formula is C25H22N6O2. The quantitative estimate of drug-likeness (QED) is 0.519. The third-order valence-electron chi connectivity index (χ3n) is 7.88. The minimum absolute atomic E-state index is 0.0158. The van der Waals surface area contributed by atoms with Crippen LogP contribution in [0.5, 0.6) is 0 Å². The molecule has 4 aromatic rings. The highest BCUT2D eigenvalue weighted by Gasteiger charge is 2.59. The van der Waals surface area contributed by atoms with Crippen LogP contribution < -0.4 is 0 Å². The molecule has 2 amide bonds. The Hall–Kier alpha value is -3.81. The van der Waals surface area contributed by atoms with Crippen molar-refractivity contribution in [2.45, 2.75) is 0 Å². The zero-order valence-corrected chi connectivity index (χ0v) is 17.9. The number of para-hydroxylation sites is 1. The normalized spacial score (nSPS) is 25.8. The first-order valence-electron chi connectivity index (χ1n) is 11.4. The summed E-state index contributed by atoms with van der Waals surface area (Å²) in [6.45, 7) is 3.04. The topological polar surface area (TPSA) is 95.1 Å². The maximum absolute atomic E-state index is 13.2. The van der Waals surface area contributed by atoms with Gasteiger partial charge in [0, 0.05) is 37.1 Å². The van der Waals surface area contributed by atoms with E-state index in [1.54, 1.807) is 6.07 Å². The average Bonchev–Trinajstić information content (AvgIpc) is 3.56. The van der Waals surface area contributed by atoms with Crippen LogP contribution in [0.3, 0.4) is 0 Å². The van der Waals surface area contributed by atoms with E-state index in [2.05, 4.69) is 20.4 Å². The van der Waals surface area contributed by atoms with Gasteiger partial charge in [0.05, 0.1) is 5.52 Å². The van der Waals surface area contributed by atoms with Gasteiger partial charge in [-0.3, -0.25) is 9.59 Å². The minimum atomic E-state index is 0.0158. The fraction of sp³-hybridized carbons (Fsp3) is 0.320. The Labute approximate surface area is 189 Å². The SMILES string of the molecule is O=C(c1ccc2n[nH]nc2c1)N1C[C@@H]2C3CN(C(=O)c4ccc5ccccc5n4)CC3[C@@H]2C1. The Morgan fingerprint density at radius 3 is 2.15 bits per heavy atom. The largest absolute Gasteiger partial charge is 0.338 e. The van der Waals surface area contributed by atoms with Crippen molar-refractivity contribution in [3.05, 3.63) is 65.9 Å². The van der Waals surface area contributed by atoms with E-state index in [9.17, 15) is 9.59 Å². The van der Waals surface area contributed by atoms with Crippen LogP contribution in [0.25, 0.3) is 21.9 Å². The number of nitrogens with zero attached hydrogens (tertiary/aromatic N) is 5. The third-order valence-corrected chi connectivity index (χ3v) is 7.88. The molecule has 8 heteroatoms. The highest BCUT2D eigenvalue weighted by Crippen LogP contribution is 2.54. The Kier molecular flexibility index (Phi) is 3.88. The highest BCUT2D eigenvalue weighted by atomic mass is 16.2. The number of pyridine rings is 1. The second-order valence-electron chi connectivity index (χ2n) is 9.49. The molecule has 1 aliphatic carbocycles. The van der Waals surface area contributed by atoms with Gasteiger partial charge < -0.3 is 9.80 Å². The summed E-state index contributed by atoms with van der Waals surface area (Å²) in [6, 6.07) is 17.1. The summed E-state index contributed by atoms with van der Waals surface area (Å²) in [5.74, 6) is 1.95. The summed E-state index contributed by atoms with van der Waals surface area (Å²) >= 11 is 0. The van der Waals surface area contributed by atoms with Crippen LogP contribution in [0.15, 0.2) is 54.6 Å². The van der Waals surface area contributed by atoms with E-state index in [1.165, 1.54) is 0 Å². The van der Waals surface area contributed by atoms with E-state index in [0.29, 0.717) is 40.4 Å². The molecular weight excluding hydrogens is 416 g/mol. The van der Waals surface area contributed by atoms with Crippen molar-refractivity contribution in [1.29, 1.82) is 0 Å². The summed E-state index contributed by atoms with van der Waals surface area (Å²) in [6.07, 6.45) is 0. The molecule has 0 spiro atoms. The standard InChI is InChI=1S/C25H22N6O2/c32-24(15-6-7-21-23(9-15)28-29-27-21)30-10-16-17(11-30)19-13-31(12-18(16)19)25(33)22-8-5-14-3-1-2-4-20(14)26-22/h1-9,16-19H,10-13H2,(H,27,28,29)/t16-,17+,18?,19?. The number of hydrogen-bond acceptors (Lipinski definition) is 5. The Balaban J connectivity index is 1.04. The van der Waals surface area contributed by atoms with Crippen molar-refractivity contribution in [2.24, 2.45) is 23.7 Å². The number of amides is 2. The monoisotopic (exact) mass is 438 g/mol.